The molecule has 0 heterocycles. The highest BCUT2D eigenvalue weighted by molar-refractivity contribution is 5.80. The van der Waals surface area contributed by atoms with Gasteiger partial charge in [-0.1, -0.05) is 36.8 Å². The number of hydrogen-bond acceptors (Lipinski definition) is 2. The molecule has 1 aromatic carbocycles. The summed E-state index contributed by atoms with van der Waals surface area (Å²) in [5.41, 5.74) is 1.28. The van der Waals surface area contributed by atoms with Crippen LogP contribution in [0.1, 0.15) is 51.6 Å². The van der Waals surface area contributed by atoms with Crippen LogP contribution in [-0.4, -0.2) is 18.0 Å². The van der Waals surface area contributed by atoms with E-state index in [1.54, 1.807) is 0 Å². The van der Waals surface area contributed by atoms with Crippen LogP contribution in [0.3, 0.4) is 0 Å². The molecular weight excluding hydrogens is 248 g/mol. The van der Waals surface area contributed by atoms with E-state index < -0.39 is 0 Å². The summed E-state index contributed by atoms with van der Waals surface area (Å²) in [5.74, 6) is 0.318. The zero-order chi connectivity index (χ0) is 14.5. The van der Waals surface area contributed by atoms with E-state index in [2.05, 4.69) is 41.8 Å². The Hall–Kier alpha value is -1.35. The molecule has 0 saturated heterocycles. The number of nitrogens with one attached hydrogen (secondary N) is 2. The summed E-state index contributed by atoms with van der Waals surface area (Å²) >= 11 is 0. The number of rotatable bonds is 5. The molecule has 1 aliphatic carbocycles. The van der Waals surface area contributed by atoms with E-state index in [0.717, 1.165) is 19.3 Å². The number of benzene rings is 1. The van der Waals surface area contributed by atoms with Crippen molar-refractivity contribution in [2.75, 3.05) is 0 Å². The molecule has 2 rings (SSSR count). The standard InChI is InChI=1S/C17H26N2O/c1-12(2)18-17(20)15-10-7-11-16(15)19-13(3)14-8-5-4-6-9-14/h4-6,8-9,12-13,15-16,19H,7,10-11H2,1-3H3,(H,18,20)/t13-,15+,16?/m1/s1. The lowest BCUT2D eigenvalue weighted by atomic mass is 9.99. The highest BCUT2D eigenvalue weighted by atomic mass is 16.2. The highest BCUT2D eigenvalue weighted by Gasteiger charge is 2.33. The van der Waals surface area contributed by atoms with Crippen LogP contribution in [0.2, 0.25) is 0 Å². The molecule has 0 radical (unpaired) electrons. The molecule has 3 atom stereocenters. The third-order valence-electron chi connectivity index (χ3n) is 4.05. The molecule has 1 saturated carbocycles. The van der Waals surface area contributed by atoms with Crippen LogP contribution in [0.4, 0.5) is 0 Å². The zero-order valence-corrected chi connectivity index (χ0v) is 12.7. The average Bonchev–Trinajstić information content (AvgIpc) is 2.87. The van der Waals surface area contributed by atoms with Crippen molar-refractivity contribution < 1.29 is 4.79 Å². The normalized spacial score (nSPS) is 23.8. The van der Waals surface area contributed by atoms with Crippen molar-refractivity contribution in [2.45, 2.75) is 58.2 Å². The maximum Gasteiger partial charge on any atom is 0.224 e. The van der Waals surface area contributed by atoms with Gasteiger partial charge < -0.3 is 10.6 Å². The Labute approximate surface area is 122 Å². The van der Waals surface area contributed by atoms with Crippen LogP contribution in [-0.2, 0) is 4.79 Å². The van der Waals surface area contributed by atoms with E-state index in [0.29, 0.717) is 6.04 Å². The van der Waals surface area contributed by atoms with E-state index >= 15 is 0 Å². The highest BCUT2D eigenvalue weighted by Crippen LogP contribution is 2.28. The second-order valence-electron chi connectivity index (χ2n) is 6.11. The van der Waals surface area contributed by atoms with Crippen molar-refractivity contribution in [3.8, 4) is 0 Å². The van der Waals surface area contributed by atoms with Crippen molar-refractivity contribution in [1.82, 2.24) is 10.6 Å². The second kappa shape index (κ2) is 6.89. The van der Waals surface area contributed by atoms with Crippen molar-refractivity contribution in [2.24, 2.45) is 5.92 Å². The molecule has 1 aliphatic rings. The molecule has 1 aromatic rings. The Bertz CT molecular complexity index is 430. The quantitative estimate of drug-likeness (QED) is 0.866. The first kappa shape index (κ1) is 15.0. The van der Waals surface area contributed by atoms with Crippen LogP contribution >= 0.6 is 0 Å². The van der Waals surface area contributed by atoms with Gasteiger partial charge >= 0.3 is 0 Å². The second-order valence-corrected chi connectivity index (χ2v) is 6.11. The number of carbonyl (C=O) groups is 1. The maximum absolute atomic E-state index is 12.2. The molecule has 2 N–H and O–H groups in total. The third kappa shape index (κ3) is 3.83. The van der Waals surface area contributed by atoms with Crippen LogP contribution in [0, 0.1) is 5.92 Å². The third-order valence-corrected chi connectivity index (χ3v) is 4.05. The minimum absolute atomic E-state index is 0.114. The Kier molecular flexibility index (Phi) is 5.18. The Balaban J connectivity index is 1.96. The van der Waals surface area contributed by atoms with Crippen molar-refractivity contribution in [1.29, 1.82) is 0 Å². The molecule has 0 bridgehead atoms. The van der Waals surface area contributed by atoms with Gasteiger partial charge in [-0.25, -0.2) is 0 Å². The van der Waals surface area contributed by atoms with E-state index in [4.69, 9.17) is 0 Å². The number of carbonyl (C=O) groups excluding carboxylic acids is 1. The van der Waals surface area contributed by atoms with Crippen molar-refractivity contribution in [3.05, 3.63) is 35.9 Å². The van der Waals surface area contributed by atoms with Crippen LogP contribution in [0.25, 0.3) is 0 Å². The lowest BCUT2D eigenvalue weighted by Crippen LogP contribution is -2.44. The van der Waals surface area contributed by atoms with Gasteiger partial charge in [0.2, 0.25) is 5.91 Å². The van der Waals surface area contributed by atoms with Crippen LogP contribution < -0.4 is 10.6 Å². The fourth-order valence-corrected chi connectivity index (χ4v) is 3.02. The Morgan fingerprint density at radius 1 is 1.15 bits per heavy atom. The number of hydrogen-bond donors (Lipinski definition) is 2. The molecule has 1 fully saturated rings. The zero-order valence-electron chi connectivity index (χ0n) is 12.7. The predicted octanol–water partition coefficient (Wildman–Crippen LogP) is 3.03. The molecule has 110 valence electrons. The minimum Gasteiger partial charge on any atom is -0.354 e. The lowest BCUT2D eigenvalue weighted by Gasteiger charge is -2.25. The smallest absolute Gasteiger partial charge is 0.224 e. The summed E-state index contributed by atoms with van der Waals surface area (Å²) in [6, 6.07) is 11.2. The van der Waals surface area contributed by atoms with Crippen LogP contribution in [0.15, 0.2) is 30.3 Å². The van der Waals surface area contributed by atoms with Crippen LogP contribution in [0.5, 0.6) is 0 Å². The van der Waals surface area contributed by atoms with E-state index in [1.807, 2.05) is 19.9 Å². The monoisotopic (exact) mass is 274 g/mol. The van der Waals surface area contributed by atoms with Gasteiger partial charge in [-0.2, -0.15) is 0 Å². The van der Waals surface area contributed by atoms with Gasteiger partial charge in [0.1, 0.15) is 0 Å². The van der Waals surface area contributed by atoms with E-state index in [9.17, 15) is 4.79 Å². The molecule has 3 heteroatoms. The Morgan fingerprint density at radius 3 is 2.50 bits per heavy atom. The van der Waals surface area contributed by atoms with Crippen molar-refractivity contribution >= 4 is 5.91 Å². The first-order chi connectivity index (χ1) is 9.58. The average molecular weight is 274 g/mol. The van der Waals surface area contributed by atoms with Gasteiger partial charge in [-0.15, -0.1) is 0 Å². The van der Waals surface area contributed by atoms with Gasteiger partial charge in [0.05, 0.1) is 5.92 Å². The maximum atomic E-state index is 12.2. The largest absolute Gasteiger partial charge is 0.354 e. The SMILES string of the molecule is CC(C)NC(=O)[C@H]1CCCC1N[C@H](C)c1ccccc1. The Morgan fingerprint density at radius 2 is 1.85 bits per heavy atom. The molecular formula is C17H26N2O. The molecule has 0 aromatic heterocycles. The van der Waals surface area contributed by atoms with E-state index in [-0.39, 0.29) is 23.9 Å². The van der Waals surface area contributed by atoms with Gasteiger partial charge in [-0.05, 0) is 39.2 Å². The minimum atomic E-state index is 0.114. The molecule has 1 unspecified atom stereocenters. The first-order valence-electron chi connectivity index (χ1n) is 7.69. The fraction of sp³-hybridized carbons (Fsp3) is 0.588. The summed E-state index contributed by atoms with van der Waals surface area (Å²) in [4.78, 5) is 12.2. The molecule has 1 amide bonds. The van der Waals surface area contributed by atoms with Crippen molar-refractivity contribution in [3.63, 3.8) is 0 Å². The van der Waals surface area contributed by atoms with Gasteiger partial charge in [0.15, 0.2) is 0 Å². The fourth-order valence-electron chi connectivity index (χ4n) is 3.02. The summed E-state index contributed by atoms with van der Waals surface area (Å²) in [5, 5.41) is 6.69. The molecule has 3 nitrogen and oxygen atoms in total. The summed E-state index contributed by atoms with van der Waals surface area (Å²) < 4.78 is 0. The summed E-state index contributed by atoms with van der Waals surface area (Å²) in [6.07, 6.45) is 3.22. The molecule has 0 aliphatic heterocycles. The topological polar surface area (TPSA) is 41.1 Å². The summed E-state index contributed by atoms with van der Waals surface area (Å²) in [7, 11) is 0. The van der Waals surface area contributed by atoms with Gasteiger partial charge in [0, 0.05) is 18.1 Å². The predicted molar refractivity (Wildman–Crippen MR) is 82.4 cm³/mol. The summed E-state index contributed by atoms with van der Waals surface area (Å²) in [6.45, 7) is 6.20. The lowest BCUT2D eigenvalue weighted by molar-refractivity contribution is -0.125. The molecule has 20 heavy (non-hydrogen) atoms. The van der Waals surface area contributed by atoms with Gasteiger partial charge in [0.25, 0.3) is 0 Å². The van der Waals surface area contributed by atoms with E-state index in [1.165, 1.54) is 5.56 Å². The molecule has 0 spiro atoms. The number of amides is 1. The van der Waals surface area contributed by atoms with Gasteiger partial charge in [-0.3, -0.25) is 4.79 Å². The first-order valence-corrected chi connectivity index (χ1v) is 7.69.